The Hall–Kier alpha value is -4.88. The van der Waals surface area contributed by atoms with Crippen molar-refractivity contribution in [2.24, 2.45) is 11.8 Å². The van der Waals surface area contributed by atoms with E-state index >= 15 is 0 Å². The number of nitrogens with one attached hydrogen (secondary N) is 4. The predicted octanol–water partition coefficient (Wildman–Crippen LogP) is 1.53. The zero-order valence-electron chi connectivity index (χ0n) is 18.8. The zero-order valence-corrected chi connectivity index (χ0v) is 18.8. The highest BCUT2D eigenvalue weighted by Gasteiger charge is 2.31. The van der Waals surface area contributed by atoms with E-state index in [9.17, 15) is 39.4 Å². The van der Waals surface area contributed by atoms with Crippen molar-refractivity contribution in [3.05, 3.63) is 79.9 Å². The van der Waals surface area contributed by atoms with Crippen molar-refractivity contribution in [3.8, 4) is 0 Å². The summed E-state index contributed by atoms with van der Waals surface area (Å²) in [5.41, 5.74) is 8.42. The second-order valence-corrected chi connectivity index (χ2v) is 8.06. The summed E-state index contributed by atoms with van der Waals surface area (Å²) in [6.45, 7) is 0. The molecule has 36 heavy (non-hydrogen) atoms. The maximum absolute atomic E-state index is 12.5. The van der Waals surface area contributed by atoms with Gasteiger partial charge in [-0.3, -0.25) is 61.1 Å². The van der Waals surface area contributed by atoms with E-state index in [4.69, 9.17) is 0 Å². The van der Waals surface area contributed by atoms with Crippen LogP contribution in [0.5, 0.6) is 0 Å². The van der Waals surface area contributed by atoms with Crippen LogP contribution in [0.25, 0.3) is 0 Å². The minimum absolute atomic E-state index is 0.00936. The molecule has 0 aromatic heterocycles. The molecule has 2 unspecified atom stereocenters. The van der Waals surface area contributed by atoms with E-state index in [0.717, 1.165) is 12.1 Å². The summed E-state index contributed by atoms with van der Waals surface area (Å²) < 4.78 is 0. The Morgan fingerprint density at radius 2 is 1.11 bits per heavy atom. The second-order valence-electron chi connectivity index (χ2n) is 8.06. The molecule has 0 bridgehead atoms. The average molecular weight is 498 g/mol. The van der Waals surface area contributed by atoms with Crippen molar-refractivity contribution >= 4 is 35.0 Å². The molecule has 1 aliphatic carbocycles. The van der Waals surface area contributed by atoms with E-state index in [-0.39, 0.29) is 28.9 Å². The van der Waals surface area contributed by atoms with E-state index < -0.39 is 45.3 Å². The molecule has 4 N–H and O–H groups in total. The molecule has 3 rings (SSSR count). The van der Waals surface area contributed by atoms with Crippen LogP contribution in [0, 0.1) is 32.1 Å². The van der Waals surface area contributed by atoms with Crippen LogP contribution >= 0.6 is 0 Å². The number of carbonyl (C=O) groups is 4. The van der Waals surface area contributed by atoms with Crippen LogP contribution in [0.15, 0.2) is 48.5 Å². The number of benzene rings is 2. The van der Waals surface area contributed by atoms with Gasteiger partial charge in [-0.25, -0.2) is 0 Å². The maximum atomic E-state index is 12.5. The number of carbonyl (C=O) groups excluding carboxylic acids is 4. The number of rotatable bonds is 6. The van der Waals surface area contributed by atoms with E-state index in [1.807, 2.05) is 0 Å². The first kappa shape index (κ1) is 25.7. The molecule has 1 saturated carbocycles. The highest BCUT2D eigenvalue weighted by atomic mass is 16.6. The molecule has 4 amide bonds. The van der Waals surface area contributed by atoms with Crippen LogP contribution in [-0.4, -0.2) is 33.5 Å². The Bertz CT molecular complexity index is 1130. The third kappa shape index (κ3) is 6.59. The Kier molecular flexibility index (Phi) is 8.22. The Labute approximate surface area is 203 Å². The van der Waals surface area contributed by atoms with Crippen molar-refractivity contribution in [2.45, 2.75) is 25.7 Å². The number of hydrazine groups is 2. The maximum Gasteiger partial charge on any atom is 0.270 e. The Morgan fingerprint density at radius 1 is 0.694 bits per heavy atom. The van der Waals surface area contributed by atoms with Crippen LogP contribution in [0.2, 0.25) is 0 Å². The van der Waals surface area contributed by atoms with Gasteiger partial charge in [-0.2, -0.15) is 0 Å². The molecule has 0 radical (unpaired) electrons. The minimum atomic E-state index is -0.735. The fourth-order valence-corrected chi connectivity index (χ4v) is 3.77. The summed E-state index contributed by atoms with van der Waals surface area (Å²) in [6, 6.07) is 10.0. The van der Waals surface area contributed by atoms with Crippen molar-refractivity contribution < 1.29 is 29.0 Å². The van der Waals surface area contributed by atoms with Gasteiger partial charge in [-0.1, -0.05) is 18.6 Å². The molecule has 1 fully saturated rings. The zero-order chi connectivity index (χ0) is 26.2. The van der Waals surface area contributed by atoms with Gasteiger partial charge in [0.25, 0.3) is 23.2 Å². The molecule has 0 spiro atoms. The number of non-ortho nitro benzene ring substituents is 2. The number of hydrogen-bond donors (Lipinski definition) is 4. The Morgan fingerprint density at radius 3 is 1.50 bits per heavy atom. The summed E-state index contributed by atoms with van der Waals surface area (Å²) in [6.07, 6.45) is 1.66. The molecule has 2 aromatic rings. The van der Waals surface area contributed by atoms with Crippen molar-refractivity contribution in [2.75, 3.05) is 0 Å². The summed E-state index contributed by atoms with van der Waals surface area (Å²) in [7, 11) is 0. The monoisotopic (exact) mass is 498 g/mol. The lowest BCUT2D eigenvalue weighted by atomic mass is 9.80. The van der Waals surface area contributed by atoms with Crippen LogP contribution in [0.3, 0.4) is 0 Å². The molecular formula is C22H22N6O8. The van der Waals surface area contributed by atoms with Gasteiger partial charge < -0.3 is 0 Å². The minimum Gasteiger partial charge on any atom is -0.273 e. The lowest BCUT2D eigenvalue weighted by Gasteiger charge is -2.27. The van der Waals surface area contributed by atoms with E-state index in [0.29, 0.717) is 19.3 Å². The number of nitrogens with zero attached hydrogens (tertiary/aromatic N) is 2. The highest BCUT2D eigenvalue weighted by molar-refractivity contribution is 5.97. The number of amides is 4. The fourth-order valence-electron chi connectivity index (χ4n) is 3.77. The van der Waals surface area contributed by atoms with Crippen molar-refractivity contribution in [3.63, 3.8) is 0 Å². The molecular weight excluding hydrogens is 476 g/mol. The van der Waals surface area contributed by atoms with Crippen LogP contribution in [0.1, 0.15) is 46.4 Å². The number of nitro benzene ring substituents is 2. The van der Waals surface area contributed by atoms with Crippen molar-refractivity contribution in [1.82, 2.24) is 21.7 Å². The third-order valence-electron chi connectivity index (χ3n) is 5.65. The quantitative estimate of drug-likeness (QED) is 0.339. The molecule has 0 aliphatic heterocycles. The smallest absolute Gasteiger partial charge is 0.270 e. The van der Waals surface area contributed by atoms with Gasteiger partial charge in [-0.05, 0) is 31.4 Å². The Balaban J connectivity index is 1.49. The second kappa shape index (κ2) is 11.5. The van der Waals surface area contributed by atoms with Gasteiger partial charge in [0, 0.05) is 47.2 Å². The molecule has 1 aliphatic rings. The molecule has 2 aromatic carbocycles. The van der Waals surface area contributed by atoms with Gasteiger partial charge in [0.05, 0.1) is 9.85 Å². The first-order chi connectivity index (χ1) is 17.2. The van der Waals surface area contributed by atoms with Crippen LogP contribution in [-0.2, 0) is 9.59 Å². The van der Waals surface area contributed by atoms with Crippen LogP contribution < -0.4 is 21.7 Å². The SMILES string of the molecule is O=C(NNC(=O)C1CCCC(C(=O)NNC(=O)c2cccc([N+](=O)[O-])c2)C1)c1cccc([N+](=O)[O-])c1. The van der Waals surface area contributed by atoms with Gasteiger partial charge in [0.15, 0.2) is 0 Å². The summed E-state index contributed by atoms with van der Waals surface area (Å²) in [5, 5.41) is 21.7. The van der Waals surface area contributed by atoms with E-state index in [1.54, 1.807) is 0 Å². The average Bonchev–Trinajstić information content (AvgIpc) is 2.90. The van der Waals surface area contributed by atoms with Gasteiger partial charge >= 0.3 is 0 Å². The highest BCUT2D eigenvalue weighted by Crippen LogP contribution is 2.29. The van der Waals surface area contributed by atoms with E-state index in [1.165, 1.54) is 36.4 Å². The standard InChI is InChI=1S/C22H22N6O8/c29-19(23-25-21(31)15-6-2-8-17(11-15)27(33)34)13-4-1-5-14(10-13)20(30)24-26-22(32)16-7-3-9-18(12-16)28(35)36/h2-3,6-9,11-14H,1,4-5,10H2,(H,23,29)(H,24,30)(H,25,31)(H,26,32). The molecule has 14 nitrogen and oxygen atoms in total. The number of nitro groups is 2. The topological polar surface area (TPSA) is 203 Å². The van der Waals surface area contributed by atoms with Crippen LogP contribution in [0.4, 0.5) is 11.4 Å². The first-order valence-electron chi connectivity index (χ1n) is 10.8. The first-order valence-corrected chi connectivity index (χ1v) is 10.8. The number of hydrogen-bond acceptors (Lipinski definition) is 8. The third-order valence-corrected chi connectivity index (χ3v) is 5.65. The summed E-state index contributed by atoms with van der Waals surface area (Å²) >= 11 is 0. The largest absolute Gasteiger partial charge is 0.273 e. The fraction of sp³-hybridized carbons (Fsp3) is 0.273. The molecule has 188 valence electrons. The predicted molar refractivity (Wildman–Crippen MR) is 123 cm³/mol. The van der Waals surface area contributed by atoms with Gasteiger partial charge in [-0.15, -0.1) is 0 Å². The lowest BCUT2D eigenvalue weighted by Crippen LogP contribution is -2.48. The molecule has 0 heterocycles. The normalized spacial score (nSPS) is 16.8. The molecule has 0 saturated heterocycles. The molecule has 2 atom stereocenters. The van der Waals surface area contributed by atoms with Gasteiger partial charge in [0.1, 0.15) is 0 Å². The molecule has 14 heteroatoms. The van der Waals surface area contributed by atoms with E-state index in [2.05, 4.69) is 21.7 Å². The van der Waals surface area contributed by atoms with Gasteiger partial charge in [0.2, 0.25) is 11.8 Å². The van der Waals surface area contributed by atoms with Crippen molar-refractivity contribution in [1.29, 1.82) is 0 Å². The summed E-state index contributed by atoms with van der Waals surface area (Å²) in [5.74, 6) is -3.69. The lowest BCUT2D eigenvalue weighted by molar-refractivity contribution is -0.385. The summed E-state index contributed by atoms with van der Waals surface area (Å²) in [4.78, 5) is 69.9.